The minimum atomic E-state index is -4.75. The van der Waals surface area contributed by atoms with Gasteiger partial charge in [-0.1, -0.05) is 6.07 Å². The van der Waals surface area contributed by atoms with E-state index in [-0.39, 0.29) is 23.8 Å². The Morgan fingerprint density at radius 3 is 2.57 bits per heavy atom. The normalized spacial score (nSPS) is 11.8. The van der Waals surface area contributed by atoms with Gasteiger partial charge in [-0.05, 0) is 31.5 Å². The maximum Gasteiger partial charge on any atom is 0.419 e. The van der Waals surface area contributed by atoms with Crippen LogP contribution in [0.3, 0.4) is 0 Å². The van der Waals surface area contributed by atoms with E-state index in [1.807, 2.05) is 13.8 Å². The van der Waals surface area contributed by atoms with E-state index in [9.17, 15) is 22.4 Å². The Bertz CT molecular complexity index is 709. The molecule has 1 heterocycles. The predicted molar refractivity (Wildman–Crippen MR) is 73.0 cm³/mol. The number of carbonyl (C=O) groups is 1. The zero-order chi connectivity index (χ0) is 17.2. The maximum absolute atomic E-state index is 13.4. The molecule has 1 N–H and O–H groups in total. The van der Waals surface area contributed by atoms with Crippen molar-refractivity contribution in [2.24, 2.45) is 0 Å². The van der Waals surface area contributed by atoms with Crippen LogP contribution in [0.15, 0.2) is 24.4 Å². The van der Waals surface area contributed by atoms with Crippen LogP contribution in [0, 0.1) is 5.82 Å². The number of benzene rings is 1. The second-order valence-corrected chi connectivity index (χ2v) is 5.14. The number of rotatable bonds is 4. The minimum Gasteiger partial charge on any atom is -0.347 e. The van der Waals surface area contributed by atoms with Gasteiger partial charge in [0.05, 0.1) is 17.8 Å². The molecule has 0 atom stereocenters. The largest absolute Gasteiger partial charge is 0.419 e. The average molecular weight is 330 g/mol. The Labute approximate surface area is 129 Å². The molecule has 0 radical (unpaired) electrons. The lowest BCUT2D eigenvalue weighted by atomic mass is 10.1. The summed E-state index contributed by atoms with van der Waals surface area (Å²) in [6, 6.07) is 2.48. The van der Waals surface area contributed by atoms with Crippen LogP contribution in [0.25, 0.3) is 0 Å². The van der Waals surface area contributed by atoms with Gasteiger partial charge in [0.2, 0.25) is 0 Å². The zero-order valence-electron chi connectivity index (χ0n) is 12.4. The third kappa shape index (κ3) is 4.05. The van der Waals surface area contributed by atoms with Crippen molar-refractivity contribution in [1.82, 2.24) is 20.3 Å². The number of hydrogen-bond donors (Lipinski definition) is 1. The average Bonchev–Trinajstić information content (AvgIpc) is 2.93. The Balaban J connectivity index is 2.03. The van der Waals surface area contributed by atoms with Crippen LogP contribution in [-0.4, -0.2) is 20.9 Å². The van der Waals surface area contributed by atoms with Gasteiger partial charge in [-0.2, -0.15) is 23.1 Å². The summed E-state index contributed by atoms with van der Waals surface area (Å²) in [7, 11) is 0. The molecule has 0 fully saturated rings. The van der Waals surface area contributed by atoms with Gasteiger partial charge in [0.15, 0.2) is 5.69 Å². The second kappa shape index (κ2) is 6.35. The monoisotopic (exact) mass is 330 g/mol. The number of aromatic nitrogens is 3. The molecule has 23 heavy (non-hydrogen) atoms. The molecule has 124 valence electrons. The molecule has 0 saturated carbocycles. The fourth-order valence-corrected chi connectivity index (χ4v) is 1.80. The van der Waals surface area contributed by atoms with Crippen LogP contribution < -0.4 is 5.32 Å². The first-order valence-corrected chi connectivity index (χ1v) is 6.74. The molecule has 2 aromatic rings. The highest BCUT2D eigenvalue weighted by molar-refractivity contribution is 5.91. The number of hydrogen-bond acceptors (Lipinski definition) is 3. The van der Waals surface area contributed by atoms with E-state index in [0.717, 1.165) is 12.1 Å². The lowest BCUT2D eigenvalue weighted by Gasteiger charge is -2.09. The molecule has 1 amide bonds. The summed E-state index contributed by atoms with van der Waals surface area (Å²) in [6.07, 6.45) is -3.47. The molecular formula is C14H14F4N4O. The van der Waals surface area contributed by atoms with Crippen LogP contribution in [0.2, 0.25) is 0 Å². The number of halogens is 4. The number of amides is 1. The summed E-state index contributed by atoms with van der Waals surface area (Å²) in [5.74, 6) is -1.92. The number of nitrogens with zero attached hydrogens (tertiary/aromatic N) is 3. The lowest BCUT2D eigenvalue weighted by Crippen LogP contribution is -2.24. The smallest absolute Gasteiger partial charge is 0.347 e. The van der Waals surface area contributed by atoms with E-state index in [1.54, 1.807) is 0 Å². The fraction of sp³-hybridized carbons (Fsp3) is 0.357. The predicted octanol–water partition coefficient (Wildman–Crippen LogP) is 2.95. The van der Waals surface area contributed by atoms with Gasteiger partial charge < -0.3 is 5.32 Å². The fourth-order valence-electron chi connectivity index (χ4n) is 1.80. The van der Waals surface area contributed by atoms with Gasteiger partial charge in [0.1, 0.15) is 5.82 Å². The van der Waals surface area contributed by atoms with E-state index < -0.39 is 23.5 Å². The summed E-state index contributed by atoms with van der Waals surface area (Å²) >= 11 is 0. The van der Waals surface area contributed by atoms with E-state index in [2.05, 4.69) is 15.5 Å². The first kappa shape index (κ1) is 16.9. The molecule has 1 aromatic heterocycles. The van der Waals surface area contributed by atoms with Gasteiger partial charge in [-0.3, -0.25) is 4.79 Å². The van der Waals surface area contributed by atoms with Gasteiger partial charge in [0, 0.05) is 6.54 Å². The molecule has 0 bridgehead atoms. The van der Waals surface area contributed by atoms with Crippen molar-refractivity contribution in [3.8, 4) is 0 Å². The van der Waals surface area contributed by atoms with Crippen LogP contribution >= 0.6 is 0 Å². The van der Waals surface area contributed by atoms with Crippen LogP contribution in [0.1, 0.15) is 41.5 Å². The van der Waals surface area contributed by atoms with Gasteiger partial charge in [0.25, 0.3) is 5.91 Å². The third-order valence-electron chi connectivity index (χ3n) is 3.00. The lowest BCUT2D eigenvalue weighted by molar-refractivity contribution is -0.140. The van der Waals surface area contributed by atoms with E-state index in [1.165, 1.54) is 11.0 Å². The van der Waals surface area contributed by atoms with E-state index in [0.29, 0.717) is 6.07 Å². The van der Waals surface area contributed by atoms with Crippen molar-refractivity contribution < 1.29 is 22.4 Å². The zero-order valence-corrected chi connectivity index (χ0v) is 12.4. The minimum absolute atomic E-state index is 0.0134. The van der Waals surface area contributed by atoms with Crippen molar-refractivity contribution in [2.45, 2.75) is 32.6 Å². The summed E-state index contributed by atoms with van der Waals surface area (Å²) in [6.45, 7) is 3.56. The van der Waals surface area contributed by atoms with Crippen molar-refractivity contribution in [3.63, 3.8) is 0 Å². The first-order chi connectivity index (χ1) is 10.7. The topological polar surface area (TPSA) is 59.8 Å². The SMILES string of the molecule is CC(C)n1ncc(C(=O)NCc2ccc(C(F)(F)F)c(F)c2)n1. The molecule has 5 nitrogen and oxygen atoms in total. The maximum atomic E-state index is 13.4. The molecule has 9 heteroatoms. The van der Waals surface area contributed by atoms with Crippen LogP contribution in [0.5, 0.6) is 0 Å². The molecule has 1 aromatic carbocycles. The van der Waals surface area contributed by atoms with Gasteiger partial charge in [-0.25, -0.2) is 4.39 Å². The molecule has 0 aliphatic rings. The van der Waals surface area contributed by atoms with E-state index >= 15 is 0 Å². The summed E-state index contributed by atoms with van der Waals surface area (Å²) in [5, 5.41) is 10.3. The standard InChI is InChI=1S/C14H14F4N4O/c1-8(2)22-20-7-12(21-22)13(23)19-6-9-3-4-10(11(15)5-9)14(16,17)18/h3-5,7-8H,6H2,1-2H3,(H,19,23). The molecule has 0 aliphatic carbocycles. The molecule has 0 spiro atoms. The van der Waals surface area contributed by atoms with Crippen molar-refractivity contribution in [3.05, 3.63) is 47.0 Å². The van der Waals surface area contributed by atoms with Crippen molar-refractivity contribution in [1.29, 1.82) is 0 Å². The van der Waals surface area contributed by atoms with E-state index in [4.69, 9.17) is 0 Å². The molecule has 0 aliphatic heterocycles. The van der Waals surface area contributed by atoms with Gasteiger partial charge in [-0.15, -0.1) is 5.10 Å². The summed E-state index contributed by atoms with van der Waals surface area (Å²) in [5.41, 5.74) is -1.06. The second-order valence-electron chi connectivity index (χ2n) is 5.14. The summed E-state index contributed by atoms with van der Waals surface area (Å²) < 4.78 is 50.8. The van der Waals surface area contributed by atoms with Crippen LogP contribution in [0.4, 0.5) is 17.6 Å². The molecule has 0 saturated heterocycles. The number of nitrogens with one attached hydrogen (secondary N) is 1. The van der Waals surface area contributed by atoms with Crippen molar-refractivity contribution in [2.75, 3.05) is 0 Å². The van der Waals surface area contributed by atoms with Crippen LogP contribution in [-0.2, 0) is 12.7 Å². The molecular weight excluding hydrogens is 316 g/mol. The highest BCUT2D eigenvalue weighted by atomic mass is 19.4. The highest BCUT2D eigenvalue weighted by Gasteiger charge is 2.33. The summed E-state index contributed by atoms with van der Waals surface area (Å²) in [4.78, 5) is 13.2. The van der Waals surface area contributed by atoms with Gasteiger partial charge >= 0.3 is 6.18 Å². The highest BCUT2D eigenvalue weighted by Crippen LogP contribution is 2.31. The first-order valence-electron chi connectivity index (χ1n) is 6.74. The van der Waals surface area contributed by atoms with Crippen molar-refractivity contribution >= 4 is 5.91 Å². The Morgan fingerprint density at radius 2 is 2.04 bits per heavy atom. The molecule has 2 rings (SSSR count). The Hall–Kier alpha value is -2.45. The number of alkyl halides is 3. The Kier molecular flexibility index (Phi) is 4.67. The Morgan fingerprint density at radius 1 is 1.35 bits per heavy atom. The quantitative estimate of drug-likeness (QED) is 0.877. The number of carbonyl (C=O) groups excluding carboxylic acids is 1. The molecule has 0 unspecified atom stereocenters. The third-order valence-corrected chi connectivity index (χ3v) is 3.00.